The Balaban J connectivity index is 1.75. The van der Waals surface area contributed by atoms with E-state index < -0.39 is 5.54 Å². The van der Waals surface area contributed by atoms with Crippen LogP contribution in [0.5, 0.6) is 0 Å². The van der Waals surface area contributed by atoms with Crippen molar-refractivity contribution in [3.63, 3.8) is 0 Å². The lowest BCUT2D eigenvalue weighted by Gasteiger charge is -2.45. The van der Waals surface area contributed by atoms with Gasteiger partial charge in [0.25, 0.3) is 11.8 Å². The van der Waals surface area contributed by atoms with Crippen molar-refractivity contribution in [3.8, 4) is 0 Å². The second-order valence-electron chi connectivity index (χ2n) is 8.13. The third-order valence-corrected chi connectivity index (χ3v) is 6.23. The van der Waals surface area contributed by atoms with Crippen molar-refractivity contribution in [1.29, 1.82) is 0 Å². The van der Waals surface area contributed by atoms with Crippen LogP contribution in [0.3, 0.4) is 0 Å². The van der Waals surface area contributed by atoms with Gasteiger partial charge in [-0.25, -0.2) is 4.98 Å². The fourth-order valence-electron chi connectivity index (χ4n) is 4.08. The van der Waals surface area contributed by atoms with Gasteiger partial charge in [0.05, 0.1) is 5.69 Å². The van der Waals surface area contributed by atoms with Gasteiger partial charge in [-0.2, -0.15) is 0 Å². The first-order valence-electron chi connectivity index (χ1n) is 10.0. The molecule has 2 aromatic heterocycles. The number of amides is 2. The Hall–Kier alpha value is -3.41. The summed E-state index contributed by atoms with van der Waals surface area (Å²) in [6.07, 6.45) is 4.17. The van der Waals surface area contributed by atoms with Crippen molar-refractivity contribution in [2.24, 2.45) is 0 Å². The molecule has 1 saturated heterocycles. The molecule has 6 heteroatoms. The third-order valence-electron chi connectivity index (χ3n) is 6.23. The normalized spacial score (nSPS) is 21.2. The largest absolute Gasteiger partial charge is 0.326 e. The summed E-state index contributed by atoms with van der Waals surface area (Å²) in [5, 5.41) is 0. The second kappa shape index (κ2) is 7.13. The zero-order valence-corrected chi connectivity index (χ0v) is 18.0. The Kier molecular flexibility index (Phi) is 4.73. The van der Waals surface area contributed by atoms with E-state index >= 15 is 0 Å². The highest BCUT2D eigenvalue weighted by Gasteiger charge is 2.48. The van der Waals surface area contributed by atoms with Gasteiger partial charge in [-0.15, -0.1) is 0 Å². The Bertz CT molecular complexity index is 1180. The molecule has 0 aliphatic carbocycles. The first kappa shape index (κ1) is 19.9. The molecule has 30 heavy (non-hydrogen) atoms. The number of hydrogen-bond acceptors (Lipinski definition) is 3. The summed E-state index contributed by atoms with van der Waals surface area (Å²) >= 11 is 0. The van der Waals surface area contributed by atoms with Crippen LogP contribution in [0.25, 0.3) is 11.7 Å². The minimum atomic E-state index is -0.947. The van der Waals surface area contributed by atoms with Gasteiger partial charge in [-0.3, -0.25) is 9.59 Å². The van der Waals surface area contributed by atoms with Crippen molar-refractivity contribution in [3.05, 3.63) is 76.9 Å². The van der Waals surface area contributed by atoms with Gasteiger partial charge in [0.15, 0.2) is 0 Å². The summed E-state index contributed by atoms with van der Waals surface area (Å²) in [6.45, 7) is 5.80. The lowest BCUT2D eigenvalue weighted by Crippen LogP contribution is -2.64. The van der Waals surface area contributed by atoms with E-state index in [1.807, 2.05) is 73.8 Å². The van der Waals surface area contributed by atoms with E-state index in [-0.39, 0.29) is 11.8 Å². The number of rotatable bonds is 3. The van der Waals surface area contributed by atoms with E-state index in [9.17, 15) is 9.59 Å². The van der Waals surface area contributed by atoms with Gasteiger partial charge >= 0.3 is 0 Å². The molecule has 0 radical (unpaired) electrons. The van der Waals surface area contributed by atoms with Crippen molar-refractivity contribution < 1.29 is 9.59 Å². The molecule has 1 aliphatic heterocycles. The van der Waals surface area contributed by atoms with E-state index in [1.165, 1.54) is 4.90 Å². The molecule has 1 aromatic carbocycles. The minimum Gasteiger partial charge on any atom is -0.326 e. The fraction of sp³-hybridized carbons (Fsp3) is 0.292. The first-order chi connectivity index (χ1) is 14.2. The maximum absolute atomic E-state index is 13.4. The number of carbonyl (C=O) groups excluding carboxylic acids is 2. The Morgan fingerprint density at radius 1 is 1.03 bits per heavy atom. The summed E-state index contributed by atoms with van der Waals surface area (Å²) in [7, 11) is 3.37. The summed E-state index contributed by atoms with van der Waals surface area (Å²) in [4.78, 5) is 34.4. The number of benzene rings is 1. The van der Waals surface area contributed by atoms with Gasteiger partial charge in [0.1, 0.15) is 16.9 Å². The number of likely N-dealkylation sites (N-methyl/N-ethyl adjacent to an activating group) is 2. The monoisotopic (exact) mass is 402 g/mol. The van der Waals surface area contributed by atoms with E-state index in [0.29, 0.717) is 12.1 Å². The fourth-order valence-corrected chi connectivity index (χ4v) is 4.08. The standard InChI is InChI=1S/C24H26N4O2/c1-16-17(2)28-13-9-12-19(21(28)25-16)14-20-22(29)27(5)24(3,23(30)26(20)4)15-18-10-7-6-8-11-18/h6-14H,15H2,1-5H3/b20-14-. The maximum atomic E-state index is 13.4. The molecular formula is C24H26N4O2. The predicted octanol–water partition coefficient (Wildman–Crippen LogP) is 3.22. The molecule has 1 atom stereocenters. The van der Waals surface area contributed by atoms with Gasteiger partial charge in [0.2, 0.25) is 0 Å². The van der Waals surface area contributed by atoms with E-state index in [0.717, 1.165) is 28.2 Å². The van der Waals surface area contributed by atoms with Gasteiger partial charge in [-0.1, -0.05) is 30.3 Å². The van der Waals surface area contributed by atoms with E-state index in [2.05, 4.69) is 4.98 Å². The SMILES string of the molecule is Cc1nc2c(/C=C3/C(=O)N(C)C(C)(Cc4ccccc4)C(=O)N3C)cccn2c1C. The average Bonchev–Trinajstić information content (AvgIpc) is 3.04. The summed E-state index contributed by atoms with van der Waals surface area (Å²) in [5.74, 6) is -0.292. The maximum Gasteiger partial charge on any atom is 0.271 e. The van der Waals surface area contributed by atoms with Crippen molar-refractivity contribution in [1.82, 2.24) is 19.2 Å². The summed E-state index contributed by atoms with van der Waals surface area (Å²) in [6, 6.07) is 13.6. The molecule has 3 aromatic rings. The summed E-state index contributed by atoms with van der Waals surface area (Å²) in [5.41, 5.74) is 3.98. The molecule has 0 N–H and O–H groups in total. The molecule has 0 bridgehead atoms. The molecule has 6 nitrogen and oxygen atoms in total. The molecule has 0 spiro atoms. The van der Waals surface area contributed by atoms with Crippen molar-refractivity contribution >= 4 is 23.5 Å². The second-order valence-corrected chi connectivity index (χ2v) is 8.13. The number of fused-ring (bicyclic) bond motifs is 1. The zero-order chi connectivity index (χ0) is 21.6. The highest BCUT2D eigenvalue weighted by molar-refractivity contribution is 6.09. The quantitative estimate of drug-likeness (QED) is 0.632. The van der Waals surface area contributed by atoms with Crippen LogP contribution in [-0.4, -0.2) is 50.6 Å². The highest BCUT2D eigenvalue weighted by Crippen LogP contribution is 2.31. The van der Waals surface area contributed by atoms with Crippen LogP contribution < -0.4 is 0 Å². The molecule has 1 unspecified atom stereocenters. The Morgan fingerprint density at radius 2 is 1.73 bits per heavy atom. The smallest absolute Gasteiger partial charge is 0.271 e. The molecule has 0 saturated carbocycles. The van der Waals surface area contributed by atoms with E-state index in [4.69, 9.17) is 0 Å². The molecule has 2 amide bonds. The number of hydrogen-bond donors (Lipinski definition) is 0. The number of piperazine rings is 1. The van der Waals surface area contributed by atoms with Crippen LogP contribution in [0.1, 0.15) is 29.4 Å². The first-order valence-corrected chi connectivity index (χ1v) is 10.0. The Labute approximate surface area is 176 Å². The molecule has 3 heterocycles. The van der Waals surface area contributed by atoms with Gasteiger partial charge in [-0.05, 0) is 44.5 Å². The van der Waals surface area contributed by atoms with Crippen LogP contribution in [0.2, 0.25) is 0 Å². The number of nitrogens with zero attached hydrogens (tertiary/aromatic N) is 4. The Morgan fingerprint density at radius 3 is 2.43 bits per heavy atom. The number of imidazole rings is 1. The lowest BCUT2D eigenvalue weighted by atomic mass is 9.87. The van der Waals surface area contributed by atoms with Crippen LogP contribution in [0.4, 0.5) is 0 Å². The zero-order valence-electron chi connectivity index (χ0n) is 18.0. The van der Waals surface area contributed by atoms with Gasteiger partial charge < -0.3 is 14.2 Å². The van der Waals surface area contributed by atoms with E-state index in [1.54, 1.807) is 25.1 Å². The lowest BCUT2D eigenvalue weighted by molar-refractivity contribution is -0.155. The van der Waals surface area contributed by atoms with Crippen LogP contribution in [-0.2, 0) is 16.0 Å². The molecule has 1 aliphatic rings. The number of carbonyl (C=O) groups is 2. The number of aryl methyl sites for hydroxylation is 2. The molecule has 4 rings (SSSR count). The minimum absolute atomic E-state index is 0.109. The topological polar surface area (TPSA) is 57.9 Å². The highest BCUT2D eigenvalue weighted by atomic mass is 16.2. The third kappa shape index (κ3) is 3.00. The van der Waals surface area contributed by atoms with Gasteiger partial charge in [0, 0.05) is 38.0 Å². The van der Waals surface area contributed by atoms with Crippen LogP contribution in [0.15, 0.2) is 54.4 Å². The number of pyridine rings is 1. The molecular weight excluding hydrogens is 376 g/mol. The average molecular weight is 402 g/mol. The van der Waals surface area contributed by atoms with Crippen LogP contribution >= 0.6 is 0 Å². The number of aromatic nitrogens is 2. The van der Waals surface area contributed by atoms with Crippen molar-refractivity contribution in [2.45, 2.75) is 32.7 Å². The van der Waals surface area contributed by atoms with Crippen LogP contribution in [0, 0.1) is 13.8 Å². The summed E-state index contributed by atoms with van der Waals surface area (Å²) < 4.78 is 2.00. The predicted molar refractivity (Wildman–Crippen MR) is 117 cm³/mol. The molecule has 1 fully saturated rings. The van der Waals surface area contributed by atoms with Crippen molar-refractivity contribution in [2.75, 3.05) is 14.1 Å². The molecule has 154 valence electrons.